The summed E-state index contributed by atoms with van der Waals surface area (Å²) in [7, 11) is 0. The Kier molecular flexibility index (Phi) is 6.27. The van der Waals surface area contributed by atoms with E-state index < -0.39 is 5.82 Å². The maximum Gasteiger partial charge on any atom is 0.190 e. The molecule has 8 nitrogen and oxygen atoms in total. The lowest BCUT2D eigenvalue weighted by molar-refractivity contribution is 0.236. The molecule has 1 saturated heterocycles. The van der Waals surface area contributed by atoms with Crippen molar-refractivity contribution in [3.8, 4) is 34.0 Å². The first-order chi connectivity index (χ1) is 18.1. The lowest BCUT2D eigenvalue weighted by Crippen LogP contribution is -2.25. The van der Waals surface area contributed by atoms with Gasteiger partial charge in [0.25, 0.3) is 0 Å². The Hall–Kier alpha value is -3.89. The molecule has 0 radical (unpaired) electrons. The van der Waals surface area contributed by atoms with Crippen molar-refractivity contribution in [3.05, 3.63) is 65.4 Å². The number of rotatable bonds is 7. The molecular weight excluding hydrogens is 489 g/mol. The van der Waals surface area contributed by atoms with Crippen LogP contribution in [0.2, 0.25) is 0 Å². The number of likely N-dealkylation sites (tertiary alicyclic amines) is 1. The lowest BCUT2D eigenvalue weighted by Gasteiger charge is -2.17. The van der Waals surface area contributed by atoms with E-state index in [1.54, 1.807) is 36.6 Å². The number of anilines is 1. The first-order valence-electron chi connectivity index (χ1n) is 12.3. The van der Waals surface area contributed by atoms with Crippen LogP contribution < -0.4 is 10.5 Å². The molecule has 4 heterocycles. The Labute approximate surface area is 217 Å². The fourth-order valence-electron chi connectivity index (χ4n) is 4.78. The van der Waals surface area contributed by atoms with E-state index in [0.717, 1.165) is 36.1 Å². The molecule has 5 aromatic rings. The molecule has 0 amide bonds. The number of pyridine rings is 1. The summed E-state index contributed by atoms with van der Waals surface area (Å²) < 4.78 is 24.0. The van der Waals surface area contributed by atoms with Gasteiger partial charge in [-0.2, -0.15) is 4.68 Å². The number of nitrogens with two attached hydrogens (primary N) is 1. The largest absolute Gasteiger partial charge is 0.492 e. The van der Waals surface area contributed by atoms with Crippen LogP contribution in [0.1, 0.15) is 18.4 Å². The summed E-state index contributed by atoms with van der Waals surface area (Å²) in [6, 6.07) is 13.5. The molecule has 10 heteroatoms. The molecule has 1 fully saturated rings. The van der Waals surface area contributed by atoms with Gasteiger partial charge in [0.1, 0.15) is 23.9 Å². The highest BCUT2D eigenvalue weighted by Gasteiger charge is 2.21. The normalized spacial score (nSPS) is 14.0. The van der Waals surface area contributed by atoms with Crippen molar-refractivity contribution in [2.75, 3.05) is 32.0 Å². The van der Waals surface area contributed by atoms with Gasteiger partial charge in [0, 0.05) is 39.5 Å². The first-order valence-corrected chi connectivity index (χ1v) is 13.1. The van der Waals surface area contributed by atoms with Crippen LogP contribution in [0.15, 0.2) is 54.0 Å². The van der Waals surface area contributed by atoms with Crippen LogP contribution in [0.25, 0.3) is 38.3 Å². The second-order valence-corrected chi connectivity index (χ2v) is 10.0. The van der Waals surface area contributed by atoms with Gasteiger partial charge >= 0.3 is 0 Å². The second-order valence-electron chi connectivity index (χ2n) is 9.14. The van der Waals surface area contributed by atoms with Crippen LogP contribution in [0, 0.1) is 12.7 Å². The van der Waals surface area contributed by atoms with Gasteiger partial charge < -0.3 is 10.5 Å². The molecule has 6 rings (SSSR count). The average Bonchev–Trinajstić information content (AvgIpc) is 3.68. The molecule has 2 N–H and O–H groups in total. The molecular formula is C27H26FN7OS. The van der Waals surface area contributed by atoms with Crippen LogP contribution in [-0.4, -0.2) is 56.3 Å². The zero-order chi connectivity index (χ0) is 25.4. The highest BCUT2D eigenvalue weighted by molar-refractivity contribution is 7.17. The highest BCUT2D eigenvalue weighted by Crippen LogP contribution is 2.36. The van der Waals surface area contributed by atoms with Crippen LogP contribution in [-0.2, 0) is 0 Å². The standard InChI is InChI=1S/C27H26FN7OS/c1-17-23(36-13-12-34-10-4-5-11-34)9-8-22(25(17)28)35-27(31-32-33-35)20-14-18(15-30-26(20)29)21-16-37-24-7-3-2-6-19(21)24/h2-3,6-9,14-16H,4-5,10-13H2,1H3,(H2,29,30). The van der Waals surface area contributed by atoms with E-state index in [2.05, 4.69) is 42.9 Å². The van der Waals surface area contributed by atoms with E-state index in [1.807, 2.05) is 18.2 Å². The van der Waals surface area contributed by atoms with E-state index in [1.165, 1.54) is 22.2 Å². The molecule has 0 bridgehead atoms. The van der Waals surface area contributed by atoms with Crippen LogP contribution in [0.3, 0.4) is 0 Å². The number of aromatic nitrogens is 5. The van der Waals surface area contributed by atoms with Crippen molar-refractivity contribution in [1.29, 1.82) is 0 Å². The third-order valence-electron chi connectivity index (χ3n) is 6.83. The van der Waals surface area contributed by atoms with Gasteiger partial charge in [-0.05, 0) is 72.9 Å². The van der Waals surface area contributed by atoms with Gasteiger partial charge in [0.05, 0.1) is 5.56 Å². The topological polar surface area (TPSA) is 95.0 Å². The van der Waals surface area contributed by atoms with Gasteiger partial charge in [0.15, 0.2) is 11.6 Å². The molecule has 0 atom stereocenters. The Morgan fingerprint density at radius 2 is 1.95 bits per heavy atom. The van der Waals surface area contributed by atoms with E-state index in [-0.39, 0.29) is 11.5 Å². The number of fused-ring (bicyclic) bond motifs is 1. The Bertz CT molecular complexity index is 1570. The minimum atomic E-state index is -0.446. The molecule has 37 heavy (non-hydrogen) atoms. The van der Waals surface area contributed by atoms with Gasteiger partial charge in [0.2, 0.25) is 0 Å². The monoisotopic (exact) mass is 515 g/mol. The zero-order valence-electron chi connectivity index (χ0n) is 20.4. The van der Waals surface area contributed by atoms with Crippen molar-refractivity contribution in [1.82, 2.24) is 30.1 Å². The molecule has 0 unspecified atom stereocenters. The average molecular weight is 516 g/mol. The Morgan fingerprint density at radius 1 is 1.11 bits per heavy atom. The predicted molar refractivity (Wildman–Crippen MR) is 143 cm³/mol. The minimum Gasteiger partial charge on any atom is -0.492 e. The van der Waals surface area contributed by atoms with Crippen molar-refractivity contribution < 1.29 is 9.13 Å². The first kappa shape index (κ1) is 23.5. The van der Waals surface area contributed by atoms with Gasteiger partial charge in [-0.3, -0.25) is 4.90 Å². The quantitative estimate of drug-likeness (QED) is 0.322. The van der Waals surface area contributed by atoms with Crippen LogP contribution >= 0.6 is 11.3 Å². The van der Waals surface area contributed by atoms with Gasteiger partial charge in [-0.25, -0.2) is 9.37 Å². The van der Waals surface area contributed by atoms with Crippen molar-refractivity contribution >= 4 is 27.2 Å². The summed E-state index contributed by atoms with van der Waals surface area (Å²) in [6.45, 7) is 5.25. The number of ether oxygens (including phenoxy) is 1. The summed E-state index contributed by atoms with van der Waals surface area (Å²) >= 11 is 1.67. The van der Waals surface area contributed by atoms with Crippen LogP contribution in [0.4, 0.5) is 10.2 Å². The summed E-state index contributed by atoms with van der Waals surface area (Å²) in [5, 5.41) is 15.3. The molecule has 0 aliphatic carbocycles. The molecule has 1 aliphatic heterocycles. The van der Waals surface area contributed by atoms with Crippen molar-refractivity contribution in [2.45, 2.75) is 19.8 Å². The summed E-state index contributed by atoms with van der Waals surface area (Å²) in [6.07, 6.45) is 4.19. The number of hydrogen-bond acceptors (Lipinski definition) is 8. The Morgan fingerprint density at radius 3 is 2.81 bits per heavy atom. The second kappa shape index (κ2) is 9.87. The SMILES string of the molecule is Cc1c(OCCN2CCCC2)ccc(-n2nnnc2-c2cc(-c3csc4ccccc34)cnc2N)c1F. The maximum atomic E-state index is 15.6. The van der Waals surface area contributed by atoms with E-state index in [0.29, 0.717) is 29.3 Å². The van der Waals surface area contributed by atoms with E-state index in [4.69, 9.17) is 10.5 Å². The molecule has 188 valence electrons. The van der Waals surface area contributed by atoms with E-state index in [9.17, 15) is 0 Å². The number of halogens is 1. The molecule has 2 aromatic carbocycles. The number of thiophene rings is 1. The molecule has 3 aromatic heterocycles. The summed E-state index contributed by atoms with van der Waals surface area (Å²) in [5.74, 6) is 0.645. The fourth-order valence-corrected chi connectivity index (χ4v) is 5.75. The van der Waals surface area contributed by atoms with Crippen molar-refractivity contribution in [2.24, 2.45) is 0 Å². The minimum absolute atomic E-state index is 0.218. The number of hydrogen-bond donors (Lipinski definition) is 1. The van der Waals surface area contributed by atoms with E-state index >= 15 is 4.39 Å². The Balaban J connectivity index is 1.32. The number of nitrogen functional groups attached to an aromatic ring is 1. The number of benzene rings is 2. The molecule has 0 spiro atoms. The summed E-state index contributed by atoms with van der Waals surface area (Å²) in [4.78, 5) is 6.77. The van der Waals surface area contributed by atoms with Gasteiger partial charge in [-0.15, -0.1) is 16.4 Å². The third kappa shape index (κ3) is 4.42. The van der Waals surface area contributed by atoms with Crippen molar-refractivity contribution in [3.63, 3.8) is 0 Å². The fraction of sp³-hybridized carbons (Fsp3) is 0.259. The smallest absolute Gasteiger partial charge is 0.190 e. The number of tetrazole rings is 1. The highest BCUT2D eigenvalue weighted by atomic mass is 32.1. The third-order valence-corrected chi connectivity index (χ3v) is 7.79. The maximum absolute atomic E-state index is 15.6. The predicted octanol–water partition coefficient (Wildman–Crippen LogP) is 5.11. The molecule has 0 saturated carbocycles. The zero-order valence-corrected chi connectivity index (χ0v) is 21.2. The lowest BCUT2D eigenvalue weighted by atomic mass is 10.0. The molecule has 1 aliphatic rings. The van der Waals surface area contributed by atoms with Gasteiger partial charge in [-0.1, -0.05) is 18.2 Å². The van der Waals surface area contributed by atoms with Crippen LogP contribution in [0.5, 0.6) is 5.75 Å². The summed E-state index contributed by atoms with van der Waals surface area (Å²) in [5.41, 5.74) is 9.34. The number of nitrogens with zero attached hydrogens (tertiary/aromatic N) is 6.